The molecule has 59 heavy (non-hydrogen) atoms. The summed E-state index contributed by atoms with van der Waals surface area (Å²) in [6.07, 6.45) is -8.28. The van der Waals surface area contributed by atoms with Gasteiger partial charge >= 0.3 is 17.9 Å². The number of rotatable bonds is 21. The lowest BCUT2D eigenvalue weighted by atomic mass is 9.44. The predicted octanol–water partition coefficient (Wildman–Crippen LogP) is -0.103. The first-order valence-corrected chi connectivity index (χ1v) is 17.9. The first-order valence-electron chi connectivity index (χ1n) is 17.9. The van der Waals surface area contributed by atoms with E-state index in [2.05, 4.69) is 24.8 Å². The molecule has 4 unspecified atom stereocenters. The zero-order valence-corrected chi connectivity index (χ0v) is 31.7. The van der Waals surface area contributed by atoms with Crippen molar-refractivity contribution in [1.82, 2.24) is 5.48 Å². The number of aliphatic hydroxyl groups is 2. The van der Waals surface area contributed by atoms with Crippen LogP contribution in [0.5, 0.6) is 0 Å². The summed E-state index contributed by atoms with van der Waals surface area (Å²) in [5.74, 6) is -8.44. The monoisotopic (exact) mass is 852 g/mol. The minimum atomic E-state index is -2.72. The van der Waals surface area contributed by atoms with Gasteiger partial charge in [0.1, 0.15) is 31.5 Å². The lowest BCUT2D eigenvalue weighted by Gasteiger charge is -2.63. The van der Waals surface area contributed by atoms with Gasteiger partial charge in [0.25, 0.3) is 15.3 Å². The summed E-state index contributed by atoms with van der Waals surface area (Å²) in [6, 6.07) is -1.75. The van der Waals surface area contributed by atoms with Gasteiger partial charge in [-0.25, -0.2) is 8.78 Å². The van der Waals surface area contributed by atoms with Crippen LogP contribution in [0.3, 0.4) is 0 Å². The first kappa shape index (κ1) is 46.2. The number of hydroxylamine groups is 1. The van der Waals surface area contributed by atoms with E-state index in [0.717, 1.165) is 25.3 Å². The molecule has 11 atom stereocenters. The van der Waals surface area contributed by atoms with Crippen LogP contribution in [0.4, 0.5) is 8.78 Å². The third-order valence-corrected chi connectivity index (χ3v) is 11.5. The van der Waals surface area contributed by atoms with Gasteiger partial charge in [0.2, 0.25) is 11.4 Å². The molecule has 26 heteroatoms. The Kier molecular flexibility index (Phi) is 14.3. The molecule has 0 heterocycles. The number of Topliss-reactive ketones (excluding diaryl/α,β-unsaturated/α-hetero) is 1. The third kappa shape index (κ3) is 9.08. The normalized spacial score (nSPS) is 32.8. The summed E-state index contributed by atoms with van der Waals surface area (Å²) in [6.45, 7) is -1.27. The number of esters is 3. The molecule has 4 rings (SSSR count). The summed E-state index contributed by atoms with van der Waals surface area (Å²) in [5, 5.41) is 51.5. The van der Waals surface area contributed by atoms with Crippen molar-refractivity contribution in [2.45, 2.75) is 94.2 Å². The number of alkyl halides is 2. The molecule has 0 amide bonds. The Morgan fingerprint density at radius 3 is 2.27 bits per heavy atom. The maximum Gasteiger partial charge on any atom is 0.326 e. The average Bonchev–Trinajstić information content (AvgIpc) is 3.37. The van der Waals surface area contributed by atoms with Crippen molar-refractivity contribution in [3.63, 3.8) is 0 Å². The number of allylic oxidation sites excluding steroid dienone is 4. The lowest BCUT2D eigenvalue weighted by molar-refractivity contribution is -0.790. The van der Waals surface area contributed by atoms with Gasteiger partial charge < -0.3 is 43.8 Å². The number of carbonyl (C=O) groups excluding carboxylic acids is 5. The molecular formula is C33H42F2N4O20. The molecule has 0 aromatic rings. The number of halogens is 2. The molecular weight excluding hydrogens is 810 g/mol. The van der Waals surface area contributed by atoms with Crippen LogP contribution in [-0.4, -0.2) is 130 Å². The van der Waals surface area contributed by atoms with Crippen LogP contribution in [0.15, 0.2) is 23.8 Å². The zero-order chi connectivity index (χ0) is 44.1. The lowest BCUT2D eigenvalue weighted by Crippen LogP contribution is -2.71. The number of hydrogen-bond donors (Lipinski definition) is 3. The zero-order valence-electron chi connectivity index (χ0n) is 31.7. The summed E-state index contributed by atoms with van der Waals surface area (Å²) < 4.78 is 49.4. The van der Waals surface area contributed by atoms with Gasteiger partial charge in [0.05, 0.1) is 26.2 Å². The number of hydrogen-bond acceptors (Lipinski definition) is 21. The van der Waals surface area contributed by atoms with Gasteiger partial charge in [0.15, 0.2) is 24.2 Å². The highest BCUT2D eigenvalue weighted by molar-refractivity contribution is 6.01. The van der Waals surface area contributed by atoms with E-state index in [0.29, 0.717) is 0 Å². The molecule has 24 nitrogen and oxygen atoms in total. The Hall–Kier alpha value is -5.47. The number of carbonyl (C=O) groups is 5. The van der Waals surface area contributed by atoms with E-state index in [9.17, 15) is 64.5 Å². The van der Waals surface area contributed by atoms with Gasteiger partial charge in [-0.1, -0.05) is 13.0 Å². The highest BCUT2D eigenvalue weighted by atomic mass is 19.1. The quantitative estimate of drug-likeness (QED) is 0.0446. The van der Waals surface area contributed by atoms with E-state index in [1.54, 1.807) is 0 Å². The van der Waals surface area contributed by atoms with E-state index >= 15 is 8.78 Å². The van der Waals surface area contributed by atoms with E-state index in [4.69, 9.17) is 14.2 Å². The van der Waals surface area contributed by atoms with Crippen LogP contribution in [0, 0.1) is 53.0 Å². The molecule has 4 aliphatic rings. The number of nitrogens with one attached hydrogen (secondary N) is 1. The van der Waals surface area contributed by atoms with Gasteiger partial charge in [-0.15, -0.1) is 30.3 Å². The molecule has 0 aromatic carbocycles. The van der Waals surface area contributed by atoms with Crippen LogP contribution >= 0.6 is 0 Å². The largest absolute Gasteiger partial charge is 0.462 e. The third-order valence-electron chi connectivity index (χ3n) is 11.5. The van der Waals surface area contributed by atoms with Gasteiger partial charge in [-0.2, -0.15) is 5.48 Å². The summed E-state index contributed by atoms with van der Waals surface area (Å²) in [7, 11) is 1.02. The Labute approximate surface area is 331 Å². The molecule has 3 fully saturated rings. The molecule has 0 saturated heterocycles. The maximum atomic E-state index is 17.7. The average molecular weight is 853 g/mol. The Bertz CT molecular complexity index is 1770. The second-order valence-corrected chi connectivity index (χ2v) is 14.7. The minimum absolute atomic E-state index is 0.207. The van der Waals surface area contributed by atoms with Gasteiger partial charge in [-0.05, 0) is 56.3 Å². The molecule has 328 valence electrons. The fraction of sp³-hybridized carbons (Fsp3) is 0.727. The topological polar surface area (TPSA) is 332 Å². The first-order chi connectivity index (χ1) is 27.6. The van der Waals surface area contributed by atoms with Crippen LogP contribution in [0.1, 0.15) is 52.4 Å². The van der Waals surface area contributed by atoms with Crippen molar-refractivity contribution in [1.29, 1.82) is 0 Å². The van der Waals surface area contributed by atoms with Crippen molar-refractivity contribution < 1.29 is 91.8 Å². The minimum Gasteiger partial charge on any atom is -0.462 e. The standard InChI is InChI=1S/C33H42F2N4O20/c1-30-7-6-17(40)9-21(30)22(34)10-20-19-11-24(41)33(31(19,2)13-25(42)32(20,30)35,58-27(44)5-4-8-56-37(47)48)26(43)16-54-28(45)12-23(36-53-3)29(46)55-14-18(59-39(51)52)15-57-38(49)50/h6-7,9,18-20,22-25,36,41-42H,4-5,8,10-16H2,1-3H3/t18?,19?,20?,22-,23?,24+,25-,30-,31-,32-,33-/m0/s1. The number of ether oxygens (including phenoxy) is 3. The molecule has 0 bridgehead atoms. The number of ketones is 2. The maximum absolute atomic E-state index is 17.7. The van der Waals surface area contributed by atoms with E-state index < -0.39 is 168 Å². The molecule has 4 aliphatic carbocycles. The molecule has 0 aliphatic heterocycles. The Morgan fingerprint density at radius 1 is 0.966 bits per heavy atom. The van der Waals surface area contributed by atoms with E-state index in [1.165, 1.54) is 13.8 Å². The molecule has 0 radical (unpaired) electrons. The SMILES string of the molecule is CONC(CC(=O)OCC(=O)[C@@]1(OC(=O)CCCO[N+](=O)[O-])[C@H](O)CC2C3C[C@H](F)C4=CC(=O)C=C[C@]4(C)[C@@]3(F)[C@@H](O)C[C@@]21C)C(=O)OCC(CO[N+](=O)[O-])O[N+](=O)[O-]. The predicted molar refractivity (Wildman–Crippen MR) is 181 cm³/mol. The summed E-state index contributed by atoms with van der Waals surface area (Å²) >= 11 is 0. The van der Waals surface area contributed by atoms with E-state index in [1.807, 2.05) is 0 Å². The highest BCUT2D eigenvalue weighted by Gasteiger charge is 2.79. The molecule has 0 spiro atoms. The summed E-state index contributed by atoms with van der Waals surface area (Å²) in [5.41, 5.74) is -7.27. The number of nitrogens with zero attached hydrogens (tertiary/aromatic N) is 3. The highest BCUT2D eigenvalue weighted by Crippen LogP contribution is 2.70. The number of aliphatic hydroxyl groups excluding tert-OH is 2. The van der Waals surface area contributed by atoms with Crippen LogP contribution < -0.4 is 5.48 Å². The van der Waals surface area contributed by atoms with Crippen LogP contribution in [-0.2, 0) is 57.5 Å². The van der Waals surface area contributed by atoms with Crippen molar-refractivity contribution in [2.24, 2.45) is 22.7 Å². The van der Waals surface area contributed by atoms with E-state index in [-0.39, 0.29) is 12.0 Å². The van der Waals surface area contributed by atoms with Crippen LogP contribution in [0.2, 0.25) is 0 Å². The fourth-order valence-corrected chi connectivity index (χ4v) is 8.98. The smallest absolute Gasteiger partial charge is 0.326 e. The second kappa shape index (κ2) is 18.2. The van der Waals surface area contributed by atoms with Crippen molar-refractivity contribution >= 4 is 29.5 Å². The van der Waals surface area contributed by atoms with Crippen molar-refractivity contribution in [2.75, 3.05) is 33.5 Å². The Morgan fingerprint density at radius 2 is 1.64 bits per heavy atom. The molecule has 0 aromatic heterocycles. The van der Waals surface area contributed by atoms with Crippen molar-refractivity contribution in [3.05, 3.63) is 54.1 Å². The van der Waals surface area contributed by atoms with Gasteiger partial charge in [0, 0.05) is 23.2 Å². The molecule has 3 saturated carbocycles. The second-order valence-electron chi connectivity index (χ2n) is 14.7. The molecule has 3 N–H and O–H groups in total. The number of fused-ring (bicyclic) bond motifs is 5. The van der Waals surface area contributed by atoms with Crippen LogP contribution in [0.25, 0.3) is 0 Å². The Balaban J connectivity index is 1.59. The van der Waals surface area contributed by atoms with Gasteiger partial charge in [-0.3, -0.25) is 24.0 Å². The summed E-state index contributed by atoms with van der Waals surface area (Å²) in [4.78, 5) is 114. The fourth-order valence-electron chi connectivity index (χ4n) is 8.98. The van der Waals surface area contributed by atoms with Crippen molar-refractivity contribution in [3.8, 4) is 0 Å².